The molecule has 0 amide bonds. The second kappa shape index (κ2) is 19.1. The van der Waals surface area contributed by atoms with Gasteiger partial charge in [0.2, 0.25) is 6.29 Å². The van der Waals surface area contributed by atoms with Crippen molar-refractivity contribution < 1.29 is 98.6 Å². The monoisotopic (exact) mass is 999 g/mol. The molecule has 0 aromatic carbocycles. The Morgan fingerprint density at radius 1 is 0.671 bits per heavy atom. The Morgan fingerprint density at radius 2 is 1.30 bits per heavy atom. The molecule has 18 unspecified atom stereocenters. The molecule has 10 N–H and O–H groups in total. The molecular weight excluding hydrogens is 921 g/mol. The first-order valence-corrected chi connectivity index (χ1v) is 25.2. The molecule has 70 heavy (non-hydrogen) atoms. The highest BCUT2D eigenvalue weighted by atomic mass is 16.8. The van der Waals surface area contributed by atoms with Gasteiger partial charge in [-0.15, -0.1) is 0 Å². The normalized spacial score (nSPS) is 50.8. The van der Waals surface area contributed by atoms with E-state index < -0.39 is 140 Å². The van der Waals surface area contributed by atoms with Gasteiger partial charge in [0.15, 0.2) is 12.6 Å². The van der Waals surface area contributed by atoms with Crippen LogP contribution in [0, 0.1) is 50.2 Å². The van der Waals surface area contributed by atoms with Gasteiger partial charge in [-0.2, -0.15) is 0 Å². The molecule has 8 rings (SSSR count). The Labute approximate surface area is 408 Å². The van der Waals surface area contributed by atoms with Crippen LogP contribution in [0.1, 0.15) is 120 Å². The number of esters is 2. The number of fused-ring (bicyclic) bond motifs is 7. The minimum atomic E-state index is -1.93. The predicted molar refractivity (Wildman–Crippen MR) is 240 cm³/mol. The average molecular weight is 999 g/mol. The van der Waals surface area contributed by atoms with Crippen LogP contribution < -0.4 is 0 Å². The molecule has 20 heteroatoms. The quantitative estimate of drug-likeness (QED) is 0.0868. The fourth-order valence-electron chi connectivity index (χ4n) is 15.2. The maximum Gasteiger partial charge on any atom is 0.417 e. The van der Waals surface area contributed by atoms with E-state index in [0.29, 0.717) is 32.1 Å². The number of aliphatic hydroxyl groups is 9. The van der Waals surface area contributed by atoms with Gasteiger partial charge in [0.05, 0.1) is 24.7 Å². The zero-order valence-corrected chi connectivity index (χ0v) is 41.6. The molecule has 8 aliphatic rings. The van der Waals surface area contributed by atoms with Crippen molar-refractivity contribution in [3.8, 4) is 0 Å². The van der Waals surface area contributed by atoms with E-state index in [4.69, 9.17) is 33.2 Å². The van der Waals surface area contributed by atoms with E-state index >= 15 is 4.79 Å². The topological polar surface area (TPSA) is 318 Å². The van der Waals surface area contributed by atoms with Crippen LogP contribution in [-0.4, -0.2) is 180 Å². The summed E-state index contributed by atoms with van der Waals surface area (Å²) in [5, 5.41) is 106. The third-order valence-corrected chi connectivity index (χ3v) is 19.6. The average Bonchev–Trinajstić information content (AvgIpc) is 3.29. The lowest BCUT2D eigenvalue weighted by atomic mass is 9.33. The van der Waals surface area contributed by atoms with Crippen LogP contribution in [0.25, 0.3) is 0 Å². The van der Waals surface area contributed by atoms with E-state index in [0.717, 1.165) is 32.1 Å². The lowest BCUT2D eigenvalue weighted by Crippen LogP contribution is -2.66. The van der Waals surface area contributed by atoms with E-state index in [1.54, 1.807) is 0 Å². The number of rotatable bonds is 9. The molecule has 7 fully saturated rings. The van der Waals surface area contributed by atoms with Crippen molar-refractivity contribution in [3.63, 3.8) is 0 Å². The number of carboxylic acid groups (broad SMARTS) is 1. The summed E-state index contributed by atoms with van der Waals surface area (Å²) in [4.78, 5) is 38.8. The molecule has 0 bridgehead atoms. The van der Waals surface area contributed by atoms with Crippen molar-refractivity contribution >= 4 is 17.9 Å². The van der Waals surface area contributed by atoms with Gasteiger partial charge in [-0.05, 0) is 111 Å². The Kier molecular flexibility index (Phi) is 14.7. The van der Waals surface area contributed by atoms with Crippen molar-refractivity contribution in [3.05, 3.63) is 11.6 Å². The van der Waals surface area contributed by atoms with Crippen LogP contribution >= 0.6 is 0 Å². The number of carbonyl (C=O) groups excluding carboxylic acids is 2. The van der Waals surface area contributed by atoms with Gasteiger partial charge in [0.1, 0.15) is 73.2 Å². The predicted octanol–water partition coefficient (Wildman–Crippen LogP) is 0.804. The number of aliphatic carboxylic acids is 1. The molecule has 5 aliphatic carbocycles. The molecule has 0 radical (unpaired) electrons. The molecule has 20 nitrogen and oxygen atoms in total. The molecule has 3 heterocycles. The second-order valence-electron chi connectivity index (χ2n) is 24.2. The van der Waals surface area contributed by atoms with E-state index in [1.807, 2.05) is 0 Å². The first-order chi connectivity index (χ1) is 32.6. The molecule has 3 aliphatic heterocycles. The molecule has 0 aromatic rings. The number of carbonyl (C=O) groups is 3. The maximum absolute atomic E-state index is 15.0. The molecule has 0 spiro atoms. The fraction of sp³-hybridized carbons (Fsp3) is 0.900. The van der Waals surface area contributed by atoms with Crippen LogP contribution in [0.15, 0.2) is 11.6 Å². The Hall–Kier alpha value is -2.41. The second-order valence-corrected chi connectivity index (χ2v) is 24.2. The summed E-state index contributed by atoms with van der Waals surface area (Å²) in [5.74, 6) is -3.21. The van der Waals surface area contributed by atoms with Gasteiger partial charge in [-0.1, -0.05) is 60.1 Å². The van der Waals surface area contributed by atoms with Crippen LogP contribution in [0.2, 0.25) is 0 Å². The first-order valence-electron chi connectivity index (χ1n) is 25.2. The van der Waals surface area contributed by atoms with Gasteiger partial charge < -0.3 is 84.2 Å². The Bertz CT molecular complexity index is 1990. The Balaban J connectivity index is 0.979. The lowest BCUT2D eigenvalue weighted by Gasteiger charge is -2.71. The summed E-state index contributed by atoms with van der Waals surface area (Å²) < 4.78 is 40.4. The van der Waals surface area contributed by atoms with E-state index in [2.05, 4.69) is 54.5 Å². The third-order valence-electron chi connectivity index (χ3n) is 19.6. The summed E-state index contributed by atoms with van der Waals surface area (Å²) in [6.07, 6.45) is -15.8. The van der Waals surface area contributed by atoms with Crippen molar-refractivity contribution in [1.29, 1.82) is 0 Å². The third kappa shape index (κ3) is 8.68. The smallest absolute Gasteiger partial charge is 0.417 e. The van der Waals surface area contributed by atoms with E-state index in [1.165, 1.54) is 12.5 Å². The molecule has 0 aromatic heterocycles. The summed E-state index contributed by atoms with van der Waals surface area (Å²) >= 11 is 0. The van der Waals surface area contributed by atoms with Gasteiger partial charge >= 0.3 is 17.9 Å². The minimum absolute atomic E-state index is 0.121. The number of hydrogen-bond donors (Lipinski definition) is 10. The minimum Gasteiger partial charge on any atom is -0.473 e. The zero-order valence-electron chi connectivity index (χ0n) is 41.6. The summed E-state index contributed by atoms with van der Waals surface area (Å²) in [6.45, 7) is 15.8. The zero-order chi connectivity index (χ0) is 51.4. The van der Waals surface area contributed by atoms with Gasteiger partial charge in [0.25, 0.3) is 0 Å². The van der Waals surface area contributed by atoms with Crippen molar-refractivity contribution in [2.45, 2.75) is 218 Å². The number of aliphatic hydroxyl groups excluding tert-OH is 9. The maximum atomic E-state index is 15.0. The molecule has 398 valence electrons. The standard InChI is InChI=1S/C50H78O20/c1-22-30(52)32(54)35(57)41(65-22)64-21-26-31(53)33(55)36(58)42(67-26)69-38-25(20-51)66-43(37(59)34(38)56)70-44(63)50-17-15-45(2,3)19-24(50)23-9-10-28-47(6)13-12-29(68-40(62)39(60)61)46(4,5)27(47)11-14-49(28,8)48(23,7)16-18-50/h9,22,24-38,41-43,51-59H,10-21H2,1-8H3,(H,60,61)/t22?,24?,25?,26?,27?,28?,29-,30?,31?,32?,33?,34?,35?,36?,37?,38?,41?,42?,43?,47-,48+,49+,50-/m0/s1. The summed E-state index contributed by atoms with van der Waals surface area (Å²) in [7, 11) is 0. The van der Waals surface area contributed by atoms with Gasteiger partial charge in [0, 0.05) is 5.41 Å². The lowest BCUT2D eigenvalue weighted by molar-refractivity contribution is -0.362. The Morgan fingerprint density at radius 3 is 1.97 bits per heavy atom. The van der Waals surface area contributed by atoms with E-state index in [9.17, 15) is 60.7 Å². The molecular formula is C50H78O20. The van der Waals surface area contributed by atoms with Gasteiger partial charge in [-0.3, -0.25) is 4.79 Å². The number of hydrogen-bond acceptors (Lipinski definition) is 19. The number of ether oxygens (including phenoxy) is 7. The highest BCUT2D eigenvalue weighted by Gasteiger charge is 2.70. The van der Waals surface area contributed by atoms with Crippen molar-refractivity contribution in [2.24, 2.45) is 50.2 Å². The van der Waals surface area contributed by atoms with Crippen LogP contribution in [0.5, 0.6) is 0 Å². The van der Waals surface area contributed by atoms with Crippen LogP contribution in [0.4, 0.5) is 0 Å². The van der Waals surface area contributed by atoms with Crippen molar-refractivity contribution in [1.82, 2.24) is 0 Å². The number of allylic oxidation sites excluding steroid dienone is 2. The van der Waals surface area contributed by atoms with Gasteiger partial charge in [-0.25, -0.2) is 9.59 Å². The molecule has 3 saturated heterocycles. The van der Waals surface area contributed by atoms with E-state index in [-0.39, 0.29) is 39.4 Å². The highest BCUT2D eigenvalue weighted by Crippen LogP contribution is 2.76. The SMILES string of the molecule is CC1OC(OCC2OC(OC3C(CO)OC(OC(=O)[C@]45CCC(C)(C)CC4C4=CCC6[C@@]7(C)CC[C@H](OC(=O)C(=O)O)C(C)(C)C7CC[C@@]6(C)[C@]4(C)CC5)C(O)C3O)C(O)C(O)C2O)C(O)C(O)C1O. The summed E-state index contributed by atoms with van der Waals surface area (Å²) in [5.41, 5.74) is -0.976. The number of carboxylic acids is 1. The van der Waals surface area contributed by atoms with Crippen LogP contribution in [0.3, 0.4) is 0 Å². The molecule has 4 saturated carbocycles. The first kappa shape index (κ1) is 53.9. The van der Waals surface area contributed by atoms with Crippen LogP contribution in [-0.2, 0) is 47.5 Å². The molecule has 23 atom stereocenters. The largest absolute Gasteiger partial charge is 0.473 e. The summed E-state index contributed by atoms with van der Waals surface area (Å²) in [6, 6.07) is 0. The van der Waals surface area contributed by atoms with Crippen molar-refractivity contribution in [2.75, 3.05) is 13.2 Å². The highest BCUT2D eigenvalue weighted by molar-refractivity contribution is 6.28. The fourth-order valence-corrected chi connectivity index (χ4v) is 15.2.